The lowest BCUT2D eigenvalue weighted by Crippen LogP contribution is -2.44. The Morgan fingerprint density at radius 3 is 2.43 bits per heavy atom. The summed E-state index contributed by atoms with van der Waals surface area (Å²) in [7, 11) is 0. The first-order chi connectivity index (χ1) is 6.47. The van der Waals surface area contributed by atoms with Crippen molar-refractivity contribution in [2.75, 3.05) is 6.54 Å². The van der Waals surface area contributed by atoms with Crippen LogP contribution in [0.2, 0.25) is 0 Å². The largest absolute Gasteiger partial charge is 0.370 e. The highest BCUT2D eigenvalue weighted by molar-refractivity contribution is 5.87. The zero-order valence-electron chi connectivity index (χ0n) is 8.75. The number of nitrogens with two attached hydrogens (primary N) is 2. The van der Waals surface area contributed by atoms with Crippen LogP contribution in [0, 0.1) is 5.92 Å². The highest BCUT2D eigenvalue weighted by Gasteiger charge is 2.15. The van der Waals surface area contributed by atoms with Gasteiger partial charge in [-0.05, 0) is 5.92 Å². The molecule has 0 bridgehead atoms. The molecule has 2 unspecified atom stereocenters. The third-order valence-corrected chi connectivity index (χ3v) is 2.08. The Balaban J connectivity index is 3.78. The van der Waals surface area contributed by atoms with Crippen LogP contribution in [0.1, 0.15) is 26.7 Å². The zero-order valence-corrected chi connectivity index (χ0v) is 8.75. The lowest BCUT2D eigenvalue weighted by Gasteiger charge is -2.13. The van der Waals surface area contributed by atoms with Gasteiger partial charge in [0.25, 0.3) is 0 Å². The van der Waals surface area contributed by atoms with E-state index in [1.54, 1.807) is 0 Å². The summed E-state index contributed by atoms with van der Waals surface area (Å²) >= 11 is 0. The summed E-state index contributed by atoms with van der Waals surface area (Å²) in [5.41, 5.74) is 10.3. The summed E-state index contributed by atoms with van der Waals surface area (Å²) in [6.07, 6.45) is 0.887. The molecule has 0 aliphatic carbocycles. The molecule has 5 N–H and O–H groups in total. The molecule has 0 saturated heterocycles. The minimum atomic E-state index is -0.823. The van der Waals surface area contributed by atoms with Gasteiger partial charge in [0.2, 0.25) is 11.8 Å². The van der Waals surface area contributed by atoms with Gasteiger partial charge in [-0.3, -0.25) is 9.59 Å². The Hall–Kier alpha value is -1.10. The molecule has 0 aromatic rings. The average molecular weight is 201 g/mol. The van der Waals surface area contributed by atoms with Gasteiger partial charge in [-0.2, -0.15) is 0 Å². The van der Waals surface area contributed by atoms with Gasteiger partial charge in [0.05, 0.1) is 12.5 Å². The quantitative estimate of drug-likeness (QED) is 0.532. The molecule has 2 atom stereocenters. The van der Waals surface area contributed by atoms with Crippen LogP contribution in [0.15, 0.2) is 0 Å². The van der Waals surface area contributed by atoms with Crippen molar-refractivity contribution >= 4 is 11.8 Å². The molecule has 0 rings (SSSR count). The van der Waals surface area contributed by atoms with Crippen LogP contribution in [0.4, 0.5) is 0 Å². The van der Waals surface area contributed by atoms with E-state index in [1.165, 1.54) is 0 Å². The summed E-state index contributed by atoms with van der Waals surface area (Å²) in [5, 5.41) is 2.67. The van der Waals surface area contributed by atoms with Crippen molar-refractivity contribution in [1.29, 1.82) is 0 Å². The first kappa shape index (κ1) is 12.9. The second-order valence-corrected chi connectivity index (χ2v) is 3.54. The summed E-state index contributed by atoms with van der Waals surface area (Å²) in [5.74, 6) is -0.458. The van der Waals surface area contributed by atoms with Crippen LogP contribution in [0.25, 0.3) is 0 Å². The van der Waals surface area contributed by atoms with Crippen molar-refractivity contribution in [1.82, 2.24) is 5.32 Å². The molecule has 5 heteroatoms. The topological polar surface area (TPSA) is 98.2 Å². The molecule has 0 spiro atoms. The lowest BCUT2D eigenvalue weighted by molar-refractivity contribution is -0.126. The normalized spacial score (nSPS) is 14.5. The second kappa shape index (κ2) is 6.37. The van der Waals surface area contributed by atoms with Gasteiger partial charge in [0.15, 0.2) is 0 Å². The number of hydrogen-bond donors (Lipinski definition) is 3. The molecule has 14 heavy (non-hydrogen) atoms. The second-order valence-electron chi connectivity index (χ2n) is 3.54. The molecule has 0 aromatic heterocycles. The van der Waals surface area contributed by atoms with Crippen LogP contribution < -0.4 is 16.8 Å². The first-order valence-electron chi connectivity index (χ1n) is 4.79. The molecule has 0 aromatic carbocycles. The van der Waals surface area contributed by atoms with Crippen molar-refractivity contribution in [2.24, 2.45) is 17.4 Å². The standard InChI is InChI=1S/C9H19N3O2/c1-3-6(2)5-12-9(14)7(10)4-8(11)13/h6-7H,3-5,10H2,1-2H3,(H2,11,13)(H,12,14). The average Bonchev–Trinajstić information content (AvgIpc) is 2.12. The number of primary amides is 1. The Labute approximate surface area is 84.2 Å². The molecule has 0 saturated carbocycles. The van der Waals surface area contributed by atoms with E-state index in [0.717, 1.165) is 6.42 Å². The lowest BCUT2D eigenvalue weighted by atomic mass is 10.1. The van der Waals surface area contributed by atoms with Gasteiger partial charge in [-0.1, -0.05) is 20.3 Å². The molecular weight excluding hydrogens is 182 g/mol. The van der Waals surface area contributed by atoms with Crippen molar-refractivity contribution < 1.29 is 9.59 Å². The van der Waals surface area contributed by atoms with Crippen molar-refractivity contribution in [3.63, 3.8) is 0 Å². The van der Waals surface area contributed by atoms with Gasteiger partial charge < -0.3 is 16.8 Å². The third-order valence-electron chi connectivity index (χ3n) is 2.08. The van der Waals surface area contributed by atoms with E-state index >= 15 is 0 Å². The fourth-order valence-electron chi connectivity index (χ4n) is 0.860. The van der Waals surface area contributed by atoms with Gasteiger partial charge in [-0.25, -0.2) is 0 Å². The molecule has 0 fully saturated rings. The van der Waals surface area contributed by atoms with Gasteiger partial charge in [-0.15, -0.1) is 0 Å². The monoisotopic (exact) mass is 201 g/mol. The Bertz CT molecular complexity index is 206. The van der Waals surface area contributed by atoms with E-state index in [4.69, 9.17) is 11.5 Å². The summed E-state index contributed by atoms with van der Waals surface area (Å²) < 4.78 is 0. The molecule has 0 aliphatic rings. The van der Waals surface area contributed by atoms with Gasteiger partial charge >= 0.3 is 0 Å². The van der Waals surface area contributed by atoms with E-state index in [0.29, 0.717) is 12.5 Å². The Morgan fingerprint density at radius 1 is 1.43 bits per heavy atom. The molecule has 2 amide bonds. The Morgan fingerprint density at radius 2 is 2.00 bits per heavy atom. The van der Waals surface area contributed by atoms with Crippen molar-refractivity contribution in [2.45, 2.75) is 32.7 Å². The summed E-state index contributed by atoms with van der Waals surface area (Å²) in [6, 6.07) is -0.823. The van der Waals surface area contributed by atoms with Crippen LogP contribution in [0.5, 0.6) is 0 Å². The van der Waals surface area contributed by atoms with E-state index < -0.39 is 11.9 Å². The molecule has 0 radical (unpaired) electrons. The highest BCUT2D eigenvalue weighted by Crippen LogP contribution is 1.97. The molecular formula is C9H19N3O2. The molecule has 0 heterocycles. The maximum atomic E-state index is 11.3. The van der Waals surface area contributed by atoms with Crippen LogP contribution >= 0.6 is 0 Å². The summed E-state index contributed by atoms with van der Waals surface area (Å²) in [4.78, 5) is 21.7. The fraction of sp³-hybridized carbons (Fsp3) is 0.778. The SMILES string of the molecule is CCC(C)CNC(=O)C(N)CC(N)=O. The first-order valence-corrected chi connectivity index (χ1v) is 4.79. The maximum Gasteiger partial charge on any atom is 0.237 e. The number of nitrogens with one attached hydrogen (secondary N) is 1. The maximum absolute atomic E-state index is 11.3. The minimum Gasteiger partial charge on any atom is -0.370 e. The van der Waals surface area contributed by atoms with Crippen LogP contribution in [-0.4, -0.2) is 24.4 Å². The smallest absolute Gasteiger partial charge is 0.237 e. The predicted molar refractivity (Wildman–Crippen MR) is 54.3 cm³/mol. The predicted octanol–water partition coefficient (Wildman–Crippen LogP) is -0.649. The molecule has 82 valence electrons. The van der Waals surface area contributed by atoms with E-state index in [2.05, 4.69) is 5.32 Å². The van der Waals surface area contributed by atoms with Crippen LogP contribution in [0.3, 0.4) is 0 Å². The highest BCUT2D eigenvalue weighted by atomic mass is 16.2. The van der Waals surface area contributed by atoms with Crippen molar-refractivity contribution in [3.8, 4) is 0 Å². The van der Waals surface area contributed by atoms with E-state index in [-0.39, 0.29) is 12.3 Å². The van der Waals surface area contributed by atoms with Crippen LogP contribution in [-0.2, 0) is 9.59 Å². The number of amides is 2. The minimum absolute atomic E-state index is 0.105. The molecule has 5 nitrogen and oxygen atoms in total. The van der Waals surface area contributed by atoms with Crippen molar-refractivity contribution in [3.05, 3.63) is 0 Å². The fourth-order valence-corrected chi connectivity index (χ4v) is 0.860. The van der Waals surface area contributed by atoms with Gasteiger partial charge in [0.1, 0.15) is 0 Å². The number of carbonyl (C=O) groups is 2. The zero-order chi connectivity index (χ0) is 11.1. The number of hydrogen-bond acceptors (Lipinski definition) is 3. The van der Waals surface area contributed by atoms with Gasteiger partial charge in [0, 0.05) is 6.54 Å². The van der Waals surface area contributed by atoms with E-state index in [1.807, 2.05) is 13.8 Å². The number of carbonyl (C=O) groups excluding carboxylic acids is 2. The third kappa shape index (κ3) is 5.53. The summed E-state index contributed by atoms with van der Waals surface area (Å²) in [6.45, 7) is 4.65. The Kier molecular flexibility index (Phi) is 5.87. The molecule has 0 aliphatic heterocycles. The van der Waals surface area contributed by atoms with E-state index in [9.17, 15) is 9.59 Å². The number of rotatable bonds is 6.